The highest BCUT2D eigenvalue weighted by Gasteiger charge is 2.22. The maximum atomic E-state index is 12.4. The molecule has 3 rings (SSSR count). The summed E-state index contributed by atoms with van der Waals surface area (Å²) in [5.74, 6) is -1.93. The van der Waals surface area contributed by atoms with Crippen LogP contribution in [0.1, 0.15) is 36.5 Å². The zero-order chi connectivity index (χ0) is 21.8. The number of aliphatic carboxylic acids is 1. The average molecular weight is 416 g/mol. The molecule has 1 atom stereocenters. The maximum absolute atomic E-state index is 12.4. The fourth-order valence-electron chi connectivity index (χ4n) is 3.54. The number of aryl methyl sites for hydroxylation is 2. The third kappa shape index (κ3) is 4.61. The molecule has 1 aliphatic rings. The lowest BCUT2D eigenvalue weighted by Crippen LogP contribution is -2.43. The van der Waals surface area contributed by atoms with Crippen molar-refractivity contribution in [2.75, 3.05) is 13.1 Å². The molecular weight excluding hydrogens is 392 g/mol. The van der Waals surface area contributed by atoms with Gasteiger partial charge in [-0.15, -0.1) is 0 Å². The summed E-state index contributed by atoms with van der Waals surface area (Å²) >= 11 is 0. The third-order valence-corrected chi connectivity index (χ3v) is 5.12. The number of benzene rings is 1. The Morgan fingerprint density at radius 1 is 1.13 bits per heavy atom. The first-order chi connectivity index (χ1) is 14.3. The van der Waals surface area contributed by atoms with Gasteiger partial charge in [-0.3, -0.25) is 14.4 Å². The molecule has 2 amide bonds. The Hall–Kier alpha value is -3.36. The van der Waals surface area contributed by atoms with Crippen LogP contribution in [0.15, 0.2) is 21.3 Å². The molecule has 1 aliphatic carbocycles. The molecule has 0 saturated heterocycles. The molecule has 2 aromatic rings. The number of fused-ring (bicyclic) bond motifs is 3. The molecule has 3 N–H and O–H groups in total. The van der Waals surface area contributed by atoms with E-state index < -0.39 is 30.4 Å². The van der Waals surface area contributed by atoms with Gasteiger partial charge in [0.1, 0.15) is 17.9 Å². The lowest BCUT2D eigenvalue weighted by molar-refractivity contribution is -0.137. The molecule has 0 fully saturated rings. The number of carbonyl (C=O) groups is 3. The van der Waals surface area contributed by atoms with Crippen LogP contribution in [0.25, 0.3) is 11.0 Å². The summed E-state index contributed by atoms with van der Waals surface area (Å²) in [5, 5.41) is 14.0. The Morgan fingerprint density at radius 3 is 2.53 bits per heavy atom. The standard InChI is InChI=1S/C21H24N2O7/c1-11-16(29-12(2)20(27)23-9-17(24)22-10-18(25)26)8-7-14-13-5-3-4-6-15(13)21(28)30-19(11)14/h7-8,12H,3-6,9-10H2,1-2H3,(H,22,24)(H,23,27)(H,25,26). The molecular formula is C21H24N2O7. The summed E-state index contributed by atoms with van der Waals surface area (Å²) in [6.07, 6.45) is 2.64. The van der Waals surface area contributed by atoms with E-state index in [2.05, 4.69) is 10.6 Å². The van der Waals surface area contributed by atoms with Crippen molar-refractivity contribution in [3.63, 3.8) is 0 Å². The van der Waals surface area contributed by atoms with Crippen LogP contribution in [0, 0.1) is 6.92 Å². The van der Waals surface area contributed by atoms with E-state index in [-0.39, 0.29) is 12.2 Å². The lowest BCUT2D eigenvalue weighted by Gasteiger charge is -2.19. The second kappa shape index (κ2) is 8.98. The van der Waals surface area contributed by atoms with Gasteiger partial charge in [-0.05, 0) is 57.2 Å². The van der Waals surface area contributed by atoms with Gasteiger partial charge in [0.25, 0.3) is 5.91 Å². The summed E-state index contributed by atoms with van der Waals surface area (Å²) in [5.41, 5.74) is 2.53. The minimum atomic E-state index is -1.17. The van der Waals surface area contributed by atoms with Gasteiger partial charge < -0.3 is 24.9 Å². The number of rotatable bonds is 7. The zero-order valence-corrected chi connectivity index (χ0v) is 16.9. The van der Waals surface area contributed by atoms with Crippen molar-refractivity contribution in [2.24, 2.45) is 0 Å². The molecule has 30 heavy (non-hydrogen) atoms. The zero-order valence-electron chi connectivity index (χ0n) is 16.9. The highest BCUT2D eigenvalue weighted by molar-refractivity contribution is 5.89. The molecule has 1 aromatic carbocycles. The van der Waals surface area contributed by atoms with Crippen molar-refractivity contribution in [1.29, 1.82) is 0 Å². The smallest absolute Gasteiger partial charge is 0.339 e. The monoisotopic (exact) mass is 416 g/mol. The topological polar surface area (TPSA) is 135 Å². The predicted molar refractivity (Wildman–Crippen MR) is 108 cm³/mol. The van der Waals surface area contributed by atoms with Gasteiger partial charge in [-0.1, -0.05) is 0 Å². The van der Waals surface area contributed by atoms with Gasteiger partial charge in [0.15, 0.2) is 6.10 Å². The molecule has 9 nitrogen and oxygen atoms in total. The van der Waals surface area contributed by atoms with E-state index in [0.29, 0.717) is 16.9 Å². The van der Waals surface area contributed by atoms with Gasteiger partial charge in [0, 0.05) is 16.5 Å². The molecule has 160 valence electrons. The Bertz CT molecular complexity index is 1060. The van der Waals surface area contributed by atoms with Crippen LogP contribution < -0.4 is 21.0 Å². The van der Waals surface area contributed by atoms with Crippen LogP contribution in [0.2, 0.25) is 0 Å². The minimum Gasteiger partial charge on any atom is -0.480 e. The molecule has 0 aliphatic heterocycles. The number of nitrogens with one attached hydrogen (secondary N) is 2. The van der Waals surface area contributed by atoms with Crippen LogP contribution in [0.4, 0.5) is 0 Å². The van der Waals surface area contributed by atoms with E-state index in [1.807, 2.05) is 6.07 Å². The first kappa shape index (κ1) is 21.4. The molecule has 0 saturated carbocycles. The second-order valence-corrected chi connectivity index (χ2v) is 7.27. The lowest BCUT2D eigenvalue weighted by atomic mass is 9.90. The predicted octanol–water partition coefficient (Wildman–Crippen LogP) is 1.06. The Balaban J connectivity index is 1.72. The molecule has 0 radical (unpaired) electrons. The largest absolute Gasteiger partial charge is 0.480 e. The molecule has 1 aromatic heterocycles. The first-order valence-electron chi connectivity index (χ1n) is 9.79. The van der Waals surface area contributed by atoms with Gasteiger partial charge in [0.05, 0.1) is 6.54 Å². The van der Waals surface area contributed by atoms with Gasteiger partial charge in [-0.2, -0.15) is 0 Å². The number of carboxylic acid groups (broad SMARTS) is 1. The van der Waals surface area contributed by atoms with Crippen molar-refractivity contribution >= 4 is 28.8 Å². The number of amides is 2. The van der Waals surface area contributed by atoms with E-state index in [9.17, 15) is 19.2 Å². The van der Waals surface area contributed by atoms with E-state index in [4.69, 9.17) is 14.3 Å². The number of carboxylic acids is 1. The van der Waals surface area contributed by atoms with E-state index in [1.165, 1.54) is 6.92 Å². The molecule has 0 bridgehead atoms. The second-order valence-electron chi connectivity index (χ2n) is 7.27. The summed E-state index contributed by atoms with van der Waals surface area (Å²) in [6.45, 7) is 2.40. The van der Waals surface area contributed by atoms with E-state index >= 15 is 0 Å². The average Bonchev–Trinajstić information content (AvgIpc) is 2.73. The van der Waals surface area contributed by atoms with Gasteiger partial charge in [0.2, 0.25) is 5.91 Å². The fourth-order valence-corrected chi connectivity index (χ4v) is 3.54. The van der Waals surface area contributed by atoms with Gasteiger partial charge in [-0.25, -0.2) is 4.79 Å². The van der Waals surface area contributed by atoms with Crippen molar-refractivity contribution in [3.05, 3.63) is 39.2 Å². The minimum absolute atomic E-state index is 0.324. The summed E-state index contributed by atoms with van der Waals surface area (Å²) < 4.78 is 11.3. The highest BCUT2D eigenvalue weighted by atomic mass is 16.5. The van der Waals surface area contributed by atoms with Crippen molar-refractivity contribution in [2.45, 2.75) is 45.6 Å². The van der Waals surface area contributed by atoms with Crippen LogP contribution in [0.5, 0.6) is 5.75 Å². The quantitative estimate of drug-likeness (QED) is 0.575. The van der Waals surface area contributed by atoms with Crippen molar-refractivity contribution in [1.82, 2.24) is 10.6 Å². The molecule has 0 spiro atoms. The molecule has 9 heteroatoms. The van der Waals surface area contributed by atoms with Crippen LogP contribution in [0.3, 0.4) is 0 Å². The molecule has 1 heterocycles. The SMILES string of the molecule is Cc1c(OC(C)C(=O)NCC(=O)NCC(=O)O)ccc2c3c(c(=O)oc12)CCCC3. The summed E-state index contributed by atoms with van der Waals surface area (Å²) in [6, 6.07) is 3.59. The molecule has 1 unspecified atom stereocenters. The number of carbonyl (C=O) groups excluding carboxylic acids is 2. The number of ether oxygens (including phenoxy) is 1. The maximum Gasteiger partial charge on any atom is 0.339 e. The van der Waals surface area contributed by atoms with Crippen LogP contribution in [-0.2, 0) is 27.2 Å². The van der Waals surface area contributed by atoms with Crippen LogP contribution >= 0.6 is 0 Å². The number of hydrogen-bond donors (Lipinski definition) is 3. The fraction of sp³-hybridized carbons (Fsp3) is 0.429. The third-order valence-electron chi connectivity index (χ3n) is 5.12. The van der Waals surface area contributed by atoms with Crippen LogP contribution in [-0.4, -0.2) is 42.1 Å². The summed E-state index contributed by atoms with van der Waals surface area (Å²) in [7, 11) is 0. The number of hydrogen-bond acceptors (Lipinski definition) is 6. The summed E-state index contributed by atoms with van der Waals surface area (Å²) in [4.78, 5) is 46.5. The Labute approximate surface area is 172 Å². The van der Waals surface area contributed by atoms with E-state index in [0.717, 1.165) is 42.2 Å². The normalized spacial score (nSPS) is 13.9. The Kier molecular flexibility index (Phi) is 6.39. The van der Waals surface area contributed by atoms with Gasteiger partial charge >= 0.3 is 11.6 Å². The Morgan fingerprint density at radius 2 is 1.83 bits per heavy atom. The first-order valence-corrected chi connectivity index (χ1v) is 9.79. The van der Waals surface area contributed by atoms with E-state index in [1.54, 1.807) is 13.0 Å². The van der Waals surface area contributed by atoms with Crippen molar-refractivity contribution in [3.8, 4) is 5.75 Å². The van der Waals surface area contributed by atoms with Crippen molar-refractivity contribution < 1.29 is 28.6 Å². The highest BCUT2D eigenvalue weighted by Crippen LogP contribution is 2.32.